The summed E-state index contributed by atoms with van der Waals surface area (Å²) in [5, 5.41) is 0.889. The van der Waals surface area contributed by atoms with Gasteiger partial charge in [0.05, 0.1) is 37.9 Å². The second-order valence-electron chi connectivity index (χ2n) is 9.08. The van der Waals surface area contributed by atoms with Crippen LogP contribution < -0.4 is 4.74 Å². The smallest absolute Gasteiger partial charge is 0.256 e. The van der Waals surface area contributed by atoms with E-state index in [1.54, 1.807) is 7.11 Å². The third-order valence-corrected chi connectivity index (χ3v) is 7.02. The van der Waals surface area contributed by atoms with Gasteiger partial charge in [-0.1, -0.05) is 18.2 Å². The summed E-state index contributed by atoms with van der Waals surface area (Å²) in [6.07, 6.45) is 0. The highest BCUT2D eigenvalue weighted by molar-refractivity contribution is 6.09. The first-order chi connectivity index (χ1) is 17.1. The summed E-state index contributed by atoms with van der Waals surface area (Å²) in [6.45, 7) is 7.48. The molecule has 2 saturated heterocycles. The number of benzene rings is 2. The molecule has 2 aliphatic heterocycles. The number of nitrogens with zero attached hydrogens (tertiary/aromatic N) is 4. The Morgan fingerprint density at radius 1 is 0.914 bits per heavy atom. The Kier molecular flexibility index (Phi) is 6.74. The zero-order chi connectivity index (χ0) is 24.4. The zero-order valence-corrected chi connectivity index (χ0v) is 20.4. The molecular formula is C27H32N4O4. The predicted molar refractivity (Wildman–Crippen MR) is 134 cm³/mol. The van der Waals surface area contributed by atoms with Gasteiger partial charge in [0, 0.05) is 56.0 Å². The van der Waals surface area contributed by atoms with E-state index < -0.39 is 0 Å². The summed E-state index contributed by atoms with van der Waals surface area (Å²) in [7, 11) is 1.64. The molecule has 3 heterocycles. The van der Waals surface area contributed by atoms with E-state index in [0.717, 1.165) is 28.0 Å². The van der Waals surface area contributed by atoms with Crippen LogP contribution in [0.2, 0.25) is 0 Å². The van der Waals surface area contributed by atoms with Crippen LogP contribution in [-0.4, -0.2) is 97.2 Å². The molecule has 0 radical (unpaired) electrons. The molecule has 1 aromatic heterocycles. The number of hydrogen-bond donors (Lipinski definition) is 0. The number of aromatic nitrogens is 1. The summed E-state index contributed by atoms with van der Waals surface area (Å²) in [5.74, 6) is 0.889. The largest absolute Gasteiger partial charge is 0.497 e. The monoisotopic (exact) mass is 476 g/mol. The van der Waals surface area contributed by atoms with E-state index in [1.807, 2.05) is 53.1 Å². The Balaban J connectivity index is 1.36. The Morgan fingerprint density at radius 3 is 2.31 bits per heavy atom. The average Bonchev–Trinajstić information content (AvgIpc) is 3.20. The molecular weight excluding hydrogens is 444 g/mol. The lowest BCUT2D eigenvalue weighted by molar-refractivity contribution is -0.136. The van der Waals surface area contributed by atoms with Crippen molar-refractivity contribution >= 4 is 22.7 Å². The number of amides is 2. The van der Waals surface area contributed by atoms with Gasteiger partial charge in [-0.25, -0.2) is 0 Å². The molecule has 3 aromatic rings. The number of hydrogen-bond acceptors (Lipinski definition) is 5. The van der Waals surface area contributed by atoms with Crippen LogP contribution >= 0.6 is 0 Å². The van der Waals surface area contributed by atoms with Crippen molar-refractivity contribution in [2.24, 2.45) is 0 Å². The molecule has 0 aliphatic carbocycles. The molecule has 35 heavy (non-hydrogen) atoms. The van der Waals surface area contributed by atoms with E-state index in [1.165, 1.54) is 0 Å². The molecule has 0 atom stereocenters. The Labute approximate surface area is 205 Å². The molecule has 8 heteroatoms. The Morgan fingerprint density at radius 2 is 1.63 bits per heavy atom. The number of carbonyl (C=O) groups excluding carboxylic acids is 2. The van der Waals surface area contributed by atoms with Crippen molar-refractivity contribution in [1.29, 1.82) is 0 Å². The molecule has 0 bridgehead atoms. The fourth-order valence-corrected chi connectivity index (χ4v) is 5.08. The van der Waals surface area contributed by atoms with Crippen LogP contribution in [0.1, 0.15) is 16.1 Å². The van der Waals surface area contributed by atoms with Crippen LogP contribution in [-0.2, 0) is 9.53 Å². The molecule has 2 amide bonds. The number of fused-ring (bicyclic) bond motifs is 1. The maximum atomic E-state index is 13.8. The number of rotatable bonds is 5. The lowest BCUT2D eigenvalue weighted by Crippen LogP contribution is -2.52. The molecule has 2 aliphatic rings. The maximum Gasteiger partial charge on any atom is 0.256 e. The number of ether oxygens (including phenoxy) is 2. The summed E-state index contributed by atoms with van der Waals surface area (Å²) >= 11 is 0. The maximum absolute atomic E-state index is 13.8. The van der Waals surface area contributed by atoms with Gasteiger partial charge in [0.25, 0.3) is 5.91 Å². The molecule has 8 nitrogen and oxygen atoms in total. The van der Waals surface area contributed by atoms with Gasteiger partial charge in [-0.2, -0.15) is 0 Å². The molecule has 0 saturated carbocycles. The van der Waals surface area contributed by atoms with Crippen LogP contribution in [0.4, 0.5) is 0 Å². The van der Waals surface area contributed by atoms with Gasteiger partial charge < -0.3 is 23.8 Å². The number of piperazine rings is 1. The van der Waals surface area contributed by atoms with Gasteiger partial charge in [-0.15, -0.1) is 0 Å². The molecule has 0 N–H and O–H groups in total. The SMILES string of the molecule is COc1ccc2c(c1)c(C(=O)N1CCN(CC(=O)N3CCOCC3)CC1)c(C)n2-c1ccccc1. The lowest BCUT2D eigenvalue weighted by Gasteiger charge is -2.36. The topological polar surface area (TPSA) is 67.2 Å². The van der Waals surface area contributed by atoms with Crippen molar-refractivity contribution < 1.29 is 19.1 Å². The summed E-state index contributed by atoms with van der Waals surface area (Å²) in [4.78, 5) is 32.4. The van der Waals surface area contributed by atoms with E-state index >= 15 is 0 Å². The fraction of sp³-hybridized carbons (Fsp3) is 0.407. The number of methoxy groups -OCH3 is 1. The van der Waals surface area contributed by atoms with Crippen LogP contribution in [0.15, 0.2) is 48.5 Å². The number of para-hydroxylation sites is 1. The van der Waals surface area contributed by atoms with E-state index in [4.69, 9.17) is 9.47 Å². The third kappa shape index (κ3) is 4.63. The molecule has 2 fully saturated rings. The highest BCUT2D eigenvalue weighted by atomic mass is 16.5. The zero-order valence-electron chi connectivity index (χ0n) is 20.4. The summed E-state index contributed by atoms with van der Waals surface area (Å²) in [6, 6.07) is 16.0. The quantitative estimate of drug-likeness (QED) is 0.566. The van der Waals surface area contributed by atoms with Gasteiger partial charge in [-0.05, 0) is 37.3 Å². The Hall–Kier alpha value is -3.36. The van der Waals surface area contributed by atoms with Crippen molar-refractivity contribution in [3.8, 4) is 11.4 Å². The normalized spacial score (nSPS) is 17.1. The van der Waals surface area contributed by atoms with E-state index in [9.17, 15) is 9.59 Å². The van der Waals surface area contributed by atoms with Gasteiger partial charge in [0.15, 0.2) is 0 Å². The average molecular weight is 477 g/mol. The summed E-state index contributed by atoms with van der Waals surface area (Å²) < 4.78 is 13.0. The van der Waals surface area contributed by atoms with Gasteiger partial charge in [0.1, 0.15) is 5.75 Å². The van der Waals surface area contributed by atoms with Crippen molar-refractivity contribution in [2.75, 3.05) is 66.1 Å². The van der Waals surface area contributed by atoms with Gasteiger partial charge in [0.2, 0.25) is 5.91 Å². The molecule has 5 rings (SSSR count). The fourth-order valence-electron chi connectivity index (χ4n) is 5.08. The molecule has 184 valence electrons. The molecule has 0 spiro atoms. The van der Waals surface area contributed by atoms with Crippen molar-refractivity contribution in [3.63, 3.8) is 0 Å². The minimum absolute atomic E-state index is 0.0228. The van der Waals surface area contributed by atoms with Crippen molar-refractivity contribution in [2.45, 2.75) is 6.92 Å². The highest BCUT2D eigenvalue weighted by Gasteiger charge is 2.29. The van der Waals surface area contributed by atoms with Crippen LogP contribution in [0.5, 0.6) is 5.75 Å². The Bertz CT molecular complexity index is 1210. The lowest BCUT2D eigenvalue weighted by atomic mass is 10.1. The minimum Gasteiger partial charge on any atom is -0.497 e. The van der Waals surface area contributed by atoms with Crippen LogP contribution in [0.25, 0.3) is 16.6 Å². The first-order valence-corrected chi connectivity index (χ1v) is 12.2. The summed E-state index contributed by atoms with van der Waals surface area (Å²) in [5.41, 5.74) is 3.62. The van der Waals surface area contributed by atoms with Crippen molar-refractivity contribution in [1.82, 2.24) is 19.3 Å². The molecule has 0 unspecified atom stereocenters. The standard InChI is InChI=1S/C27H32N4O4/c1-20-26(23-18-22(34-2)8-9-24(23)31(20)21-6-4-3-5-7-21)27(33)30-12-10-28(11-13-30)19-25(32)29-14-16-35-17-15-29/h3-9,18H,10-17,19H2,1-2H3. The van der Waals surface area contributed by atoms with E-state index in [2.05, 4.69) is 21.6 Å². The number of carbonyl (C=O) groups is 2. The second-order valence-corrected chi connectivity index (χ2v) is 9.08. The van der Waals surface area contributed by atoms with Crippen LogP contribution in [0, 0.1) is 6.92 Å². The van der Waals surface area contributed by atoms with Gasteiger partial charge >= 0.3 is 0 Å². The number of morpholine rings is 1. The second kappa shape index (κ2) is 10.1. The van der Waals surface area contributed by atoms with E-state index in [-0.39, 0.29) is 11.8 Å². The first-order valence-electron chi connectivity index (χ1n) is 12.2. The first kappa shape index (κ1) is 23.4. The third-order valence-electron chi connectivity index (χ3n) is 7.02. The van der Waals surface area contributed by atoms with Crippen molar-refractivity contribution in [3.05, 3.63) is 59.8 Å². The highest BCUT2D eigenvalue weighted by Crippen LogP contribution is 2.33. The van der Waals surface area contributed by atoms with Gasteiger partial charge in [-0.3, -0.25) is 14.5 Å². The van der Waals surface area contributed by atoms with E-state index in [0.29, 0.717) is 64.6 Å². The molecule has 2 aromatic carbocycles. The minimum atomic E-state index is 0.0228. The van der Waals surface area contributed by atoms with Crippen LogP contribution in [0.3, 0.4) is 0 Å². The predicted octanol–water partition coefficient (Wildman–Crippen LogP) is 2.56.